The van der Waals surface area contributed by atoms with Gasteiger partial charge in [-0.15, -0.1) is 0 Å². The number of nitrogens with zero attached hydrogens (tertiary/aromatic N) is 1. The molecule has 1 heterocycles. The van der Waals surface area contributed by atoms with Crippen molar-refractivity contribution in [3.05, 3.63) is 29.8 Å². The third kappa shape index (κ3) is 3.40. The molecule has 0 radical (unpaired) electrons. The molecule has 1 aromatic heterocycles. The Morgan fingerprint density at radius 1 is 1.57 bits per heavy atom. The zero-order chi connectivity index (χ0) is 10.4. The molecule has 4 heteroatoms. The van der Waals surface area contributed by atoms with Gasteiger partial charge in [0.15, 0.2) is 0 Å². The van der Waals surface area contributed by atoms with E-state index in [4.69, 9.17) is 0 Å². The van der Waals surface area contributed by atoms with Gasteiger partial charge < -0.3 is 10.4 Å². The van der Waals surface area contributed by atoms with E-state index in [2.05, 4.69) is 10.3 Å². The highest BCUT2D eigenvalue weighted by Gasteiger charge is 2.07. The lowest BCUT2D eigenvalue weighted by molar-refractivity contribution is 0.174. The highest BCUT2D eigenvalue weighted by molar-refractivity contribution is 5.13. The summed E-state index contributed by atoms with van der Waals surface area (Å²) in [4.78, 5) is 3.67. The fourth-order valence-corrected chi connectivity index (χ4v) is 1.14. The van der Waals surface area contributed by atoms with E-state index in [0.717, 1.165) is 19.2 Å². The van der Waals surface area contributed by atoms with Gasteiger partial charge in [0.1, 0.15) is 5.82 Å². The molecule has 0 saturated heterocycles. The Balaban J connectivity index is 2.47. The Morgan fingerprint density at radius 3 is 3.00 bits per heavy atom. The molecule has 0 aromatic carbocycles. The van der Waals surface area contributed by atoms with Crippen molar-refractivity contribution in [2.24, 2.45) is 0 Å². The van der Waals surface area contributed by atoms with Crippen molar-refractivity contribution < 1.29 is 9.50 Å². The van der Waals surface area contributed by atoms with Crippen LogP contribution in [0.1, 0.15) is 25.0 Å². The van der Waals surface area contributed by atoms with Crippen LogP contribution < -0.4 is 5.32 Å². The van der Waals surface area contributed by atoms with E-state index in [1.165, 1.54) is 12.3 Å². The van der Waals surface area contributed by atoms with Gasteiger partial charge >= 0.3 is 0 Å². The first-order chi connectivity index (χ1) is 6.74. The highest BCUT2D eigenvalue weighted by Crippen LogP contribution is 2.11. The molecule has 3 nitrogen and oxygen atoms in total. The van der Waals surface area contributed by atoms with E-state index in [1.54, 1.807) is 0 Å². The van der Waals surface area contributed by atoms with Crippen LogP contribution in [-0.4, -0.2) is 23.2 Å². The van der Waals surface area contributed by atoms with Crippen LogP contribution in [0.25, 0.3) is 0 Å². The Hall–Kier alpha value is -1.00. The normalized spacial score (nSPS) is 12.8. The third-order valence-electron chi connectivity index (χ3n) is 1.88. The number of rotatable bonds is 5. The molecule has 2 N–H and O–H groups in total. The predicted octanol–water partition coefficient (Wildman–Crippen LogP) is 1.25. The molecule has 1 unspecified atom stereocenters. The minimum Gasteiger partial charge on any atom is -0.387 e. The number of hydrogen-bond acceptors (Lipinski definition) is 3. The van der Waals surface area contributed by atoms with Crippen LogP contribution in [-0.2, 0) is 0 Å². The number of aliphatic hydroxyl groups is 1. The molecule has 1 aromatic rings. The van der Waals surface area contributed by atoms with E-state index in [-0.39, 0.29) is 0 Å². The Bertz CT molecular complexity index is 281. The summed E-state index contributed by atoms with van der Waals surface area (Å²) in [5, 5.41) is 12.7. The first-order valence-corrected chi connectivity index (χ1v) is 4.73. The topological polar surface area (TPSA) is 45.1 Å². The Kier molecular flexibility index (Phi) is 4.49. The van der Waals surface area contributed by atoms with Gasteiger partial charge in [-0.05, 0) is 19.0 Å². The van der Waals surface area contributed by atoms with E-state index in [9.17, 15) is 9.50 Å². The molecule has 0 fully saturated rings. The largest absolute Gasteiger partial charge is 0.387 e. The standard InChI is InChI=1S/C10H15FN2O/c1-2-3-12-7-10(14)8-4-9(11)6-13-5-8/h4-6,10,12,14H,2-3,7H2,1H3. The lowest BCUT2D eigenvalue weighted by Crippen LogP contribution is -2.22. The van der Waals surface area contributed by atoms with Crippen LogP contribution in [0.4, 0.5) is 4.39 Å². The zero-order valence-electron chi connectivity index (χ0n) is 8.20. The average molecular weight is 198 g/mol. The van der Waals surface area contributed by atoms with E-state index < -0.39 is 11.9 Å². The maximum atomic E-state index is 12.7. The summed E-state index contributed by atoms with van der Waals surface area (Å²) in [6.45, 7) is 3.32. The summed E-state index contributed by atoms with van der Waals surface area (Å²) in [6, 6.07) is 1.30. The van der Waals surface area contributed by atoms with Crippen LogP contribution in [0, 0.1) is 5.82 Å². The summed E-state index contributed by atoms with van der Waals surface area (Å²) in [7, 11) is 0. The molecule has 0 aliphatic carbocycles. The minimum atomic E-state index is -0.690. The molecular weight excluding hydrogens is 183 g/mol. The van der Waals surface area contributed by atoms with Crippen molar-refractivity contribution in [1.29, 1.82) is 0 Å². The van der Waals surface area contributed by atoms with Crippen molar-refractivity contribution in [1.82, 2.24) is 10.3 Å². The van der Waals surface area contributed by atoms with E-state index in [1.807, 2.05) is 6.92 Å². The monoisotopic (exact) mass is 198 g/mol. The molecule has 0 saturated carbocycles. The quantitative estimate of drug-likeness (QED) is 0.700. The van der Waals surface area contributed by atoms with Crippen molar-refractivity contribution in [2.45, 2.75) is 19.4 Å². The first-order valence-electron chi connectivity index (χ1n) is 4.73. The van der Waals surface area contributed by atoms with Crippen molar-refractivity contribution in [2.75, 3.05) is 13.1 Å². The van der Waals surface area contributed by atoms with Crippen LogP contribution in [0.3, 0.4) is 0 Å². The second-order valence-electron chi connectivity index (χ2n) is 3.16. The summed E-state index contributed by atoms with van der Waals surface area (Å²) in [5.74, 6) is -0.419. The highest BCUT2D eigenvalue weighted by atomic mass is 19.1. The van der Waals surface area contributed by atoms with Gasteiger partial charge in [0.2, 0.25) is 0 Å². The Morgan fingerprint density at radius 2 is 2.36 bits per heavy atom. The second-order valence-corrected chi connectivity index (χ2v) is 3.16. The smallest absolute Gasteiger partial charge is 0.141 e. The van der Waals surface area contributed by atoms with Gasteiger partial charge in [0, 0.05) is 18.3 Å². The van der Waals surface area contributed by atoms with Gasteiger partial charge in [-0.25, -0.2) is 4.39 Å². The van der Waals surface area contributed by atoms with Crippen molar-refractivity contribution >= 4 is 0 Å². The molecule has 78 valence electrons. The maximum absolute atomic E-state index is 12.7. The molecule has 0 bridgehead atoms. The number of pyridine rings is 1. The number of hydrogen-bond donors (Lipinski definition) is 2. The van der Waals surface area contributed by atoms with Crippen LogP contribution in [0.15, 0.2) is 18.5 Å². The number of aromatic nitrogens is 1. The SMILES string of the molecule is CCCNCC(O)c1cncc(F)c1. The fourth-order valence-electron chi connectivity index (χ4n) is 1.14. The van der Waals surface area contributed by atoms with Gasteiger partial charge in [-0.2, -0.15) is 0 Å². The molecule has 0 spiro atoms. The van der Waals surface area contributed by atoms with Crippen molar-refractivity contribution in [3.8, 4) is 0 Å². The summed E-state index contributed by atoms with van der Waals surface area (Å²) in [6.07, 6.45) is 2.91. The number of nitrogens with one attached hydrogen (secondary N) is 1. The minimum absolute atomic E-state index is 0.419. The van der Waals surface area contributed by atoms with Crippen LogP contribution >= 0.6 is 0 Å². The summed E-state index contributed by atoms with van der Waals surface area (Å²) < 4.78 is 12.7. The van der Waals surface area contributed by atoms with Crippen LogP contribution in [0.5, 0.6) is 0 Å². The van der Waals surface area contributed by atoms with E-state index in [0.29, 0.717) is 12.1 Å². The molecular formula is C10H15FN2O. The average Bonchev–Trinajstić information content (AvgIpc) is 2.18. The second kappa shape index (κ2) is 5.67. The Labute approximate surface area is 83.0 Å². The third-order valence-corrected chi connectivity index (χ3v) is 1.88. The molecule has 0 aliphatic rings. The lowest BCUT2D eigenvalue weighted by atomic mass is 10.1. The molecule has 14 heavy (non-hydrogen) atoms. The summed E-state index contributed by atoms with van der Waals surface area (Å²) >= 11 is 0. The van der Waals surface area contributed by atoms with Gasteiger partial charge in [-0.3, -0.25) is 4.98 Å². The predicted molar refractivity (Wildman–Crippen MR) is 52.3 cm³/mol. The first kappa shape index (κ1) is 11.1. The van der Waals surface area contributed by atoms with Gasteiger partial charge in [0.25, 0.3) is 0 Å². The van der Waals surface area contributed by atoms with Gasteiger partial charge in [-0.1, -0.05) is 6.92 Å². The lowest BCUT2D eigenvalue weighted by Gasteiger charge is -2.10. The molecule has 0 amide bonds. The maximum Gasteiger partial charge on any atom is 0.141 e. The van der Waals surface area contributed by atoms with Crippen molar-refractivity contribution in [3.63, 3.8) is 0 Å². The van der Waals surface area contributed by atoms with E-state index >= 15 is 0 Å². The van der Waals surface area contributed by atoms with Gasteiger partial charge in [0.05, 0.1) is 12.3 Å². The molecule has 1 rings (SSSR count). The number of aliphatic hydroxyl groups excluding tert-OH is 1. The summed E-state index contributed by atoms with van der Waals surface area (Å²) in [5.41, 5.74) is 0.508. The molecule has 1 atom stereocenters. The fraction of sp³-hybridized carbons (Fsp3) is 0.500. The molecule has 0 aliphatic heterocycles. The number of halogens is 1. The zero-order valence-corrected chi connectivity index (χ0v) is 8.20. The van der Waals surface area contributed by atoms with Crippen LogP contribution in [0.2, 0.25) is 0 Å².